The first-order valence-electron chi connectivity index (χ1n) is 15.7. The lowest BCUT2D eigenvalue weighted by atomic mass is 9.98. The monoisotopic (exact) mass is 595 g/mol. The first kappa shape index (κ1) is 31.0. The maximum Gasteiger partial charge on any atom is 0.320 e. The van der Waals surface area contributed by atoms with E-state index in [-0.39, 0.29) is 24.0 Å². The summed E-state index contributed by atoms with van der Waals surface area (Å²) in [4.78, 5) is 44.8. The van der Waals surface area contributed by atoms with Crippen LogP contribution in [-0.4, -0.2) is 113 Å². The SMILES string of the molecule is CCOc1ncccc1-c1ccc(N2CCN(C(=O)N3CCC[C@H]3C(C)(C)F)C[C@H]2CC)c(C(=O)N[C@@H]2CCN(C)C2)n1. The molecule has 5 heterocycles. The number of carbonyl (C=O) groups excluding carboxylic acids is 2. The number of ether oxygens (including phenoxy) is 1. The number of hydrogen-bond acceptors (Lipinski definition) is 7. The number of halogens is 1. The van der Waals surface area contributed by atoms with Crippen LogP contribution in [0.1, 0.15) is 63.9 Å². The molecule has 2 aromatic heterocycles. The molecule has 11 heteroatoms. The predicted molar refractivity (Wildman–Crippen MR) is 165 cm³/mol. The Morgan fingerprint density at radius 2 is 1.91 bits per heavy atom. The second-order valence-electron chi connectivity index (χ2n) is 12.5. The highest BCUT2D eigenvalue weighted by atomic mass is 19.1. The zero-order valence-electron chi connectivity index (χ0n) is 26.2. The molecule has 234 valence electrons. The number of pyridine rings is 2. The van der Waals surface area contributed by atoms with Gasteiger partial charge in [0.25, 0.3) is 5.91 Å². The van der Waals surface area contributed by atoms with Gasteiger partial charge in [-0.15, -0.1) is 0 Å². The van der Waals surface area contributed by atoms with Gasteiger partial charge in [-0.05, 0) is 84.3 Å². The van der Waals surface area contributed by atoms with Crippen LogP contribution in [0.3, 0.4) is 0 Å². The lowest BCUT2D eigenvalue weighted by Crippen LogP contribution is -2.59. The van der Waals surface area contributed by atoms with Crippen LogP contribution < -0.4 is 15.0 Å². The summed E-state index contributed by atoms with van der Waals surface area (Å²) < 4.78 is 20.7. The van der Waals surface area contributed by atoms with Crippen molar-refractivity contribution in [3.8, 4) is 17.1 Å². The highest BCUT2D eigenvalue weighted by molar-refractivity contribution is 5.99. The molecule has 0 bridgehead atoms. The fraction of sp³-hybridized carbons (Fsp3) is 0.625. The van der Waals surface area contributed by atoms with E-state index in [9.17, 15) is 14.0 Å². The molecular weight excluding hydrogens is 549 g/mol. The summed E-state index contributed by atoms with van der Waals surface area (Å²) in [7, 11) is 2.06. The Labute approximate surface area is 254 Å². The Morgan fingerprint density at radius 1 is 1.09 bits per heavy atom. The lowest BCUT2D eigenvalue weighted by molar-refractivity contribution is 0.0739. The third kappa shape index (κ3) is 6.71. The molecule has 3 aliphatic rings. The number of nitrogens with zero attached hydrogens (tertiary/aromatic N) is 6. The second kappa shape index (κ2) is 13.0. The van der Waals surface area contributed by atoms with Crippen LogP contribution in [-0.2, 0) is 0 Å². The standard InChI is InChI=1S/C32H46FN7O3/c1-6-23-21-38(31(42)40-16-9-11-27(40)32(3,4)33)18-19-39(23)26-13-12-25(24-10-8-15-34-30(24)43-7-2)36-28(26)29(41)35-22-14-17-37(5)20-22/h8,10,12-13,15,22-23,27H,6-7,9,11,14,16-21H2,1-5H3,(H,35,41)/t22-,23-,27+/m1/s1. The topological polar surface area (TPSA) is 94.1 Å². The van der Waals surface area contributed by atoms with E-state index in [0.717, 1.165) is 43.6 Å². The van der Waals surface area contributed by atoms with E-state index in [4.69, 9.17) is 9.72 Å². The fourth-order valence-electron chi connectivity index (χ4n) is 6.73. The van der Waals surface area contributed by atoms with E-state index < -0.39 is 11.7 Å². The first-order valence-corrected chi connectivity index (χ1v) is 15.7. The molecule has 2 aromatic rings. The summed E-state index contributed by atoms with van der Waals surface area (Å²) in [6.07, 6.45) is 4.84. The Kier molecular flexibility index (Phi) is 9.39. The summed E-state index contributed by atoms with van der Waals surface area (Å²) in [5, 5.41) is 3.22. The van der Waals surface area contributed by atoms with E-state index in [0.29, 0.717) is 56.5 Å². The number of amides is 3. The minimum atomic E-state index is -1.45. The van der Waals surface area contributed by atoms with E-state index in [2.05, 4.69) is 34.1 Å². The van der Waals surface area contributed by atoms with Gasteiger partial charge in [-0.2, -0.15) is 0 Å². The molecule has 3 saturated heterocycles. The van der Waals surface area contributed by atoms with Gasteiger partial charge in [0.2, 0.25) is 5.88 Å². The van der Waals surface area contributed by atoms with Crippen molar-refractivity contribution in [2.75, 3.05) is 57.8 Å². The Balaban J connectivity index is 1.43. The maximum atomic E-state index is 14.9. The molecule has 5 rings (SSSR count). The largest absolute Gasteiger partial charge is 0.477 e. The number of urea groups is 1. The van der Waals surface area contributed by atoms with Crippen molar-refractivity contribution in [2.24, 2.45) is 0 Å². The molecule has 3 amide bonds. The molecule has 0 aliphatic carbocycles. The maximum absolute atomic E-state index is 14.9. The number of aromatic nitrogens is 2. The highest BCUT2D eigenvalue weighted by Crippen LogP contribution is 2.34. The molecule has 0 unspecified atom stereocenters. The molecule has 3 fully saturated rings. The summed E-state index contributed by atoms with van der Waals surface area (Å²) in [6.45, 7) is 11.4. The quantitative estimate of drug-likeness (QED) is 0.489. The molecule has 10 nitrogen and oxygen atoms in total. The average Bonchev–Trinajstić information content (AvgIpc) is 3.66. The smallest absolute Gasteiger partial charge is 0.320 e. The molecular formula is C32H46FN7O3. The minimum absolute atomic E-state index is 0.0219. The van der Waals surface area contributed by atoms with E-state index in [1.165, 1.54) is 0 Å². The van der Waals surface area contributed by atoms with Crippen molar-refractivity contribution in [1.82, 2.24) is 30.0 Å². The Hall–Kier alpha value is -3.47. The average molecular weight is 596 g/mol. The number of piperazine rings is 1. The summed E-state index contributed by atoms with van der Waals surface area (Å²) in [6, 6.07) is 7.14. The molecule has 0 spiro atoms. The van der Waals surface area contributed by atoms with Crippen molar-refractivity contribution >= 4 is 17.6 Å². The summed E-state index contributed by atoms with van der Waals surface area (Å²) in [5.41, 5.74) is 1.000. The number of alkyl halides is 1. The van der Waals surface area contributed by atoms with E-state index in [1.807, 2.05) is 36.1 Å². The van der Waals surface area contributed by atoms with Crippen molar-refractivity contribution in [3.63, 3.8) is 0 Å². The summed E-state index contributed by atoms with van der Waals surface area (Å²) in [5.74, 6) is 0.265. The zero-order chi connectivity index (χ0) is 30.7. The molecule has 1 N–H and O–H groups in total. The third-order valence-corrected chi connectivity index (χ3v) is 8.97. The number of hydrogen-bond donors (Lipinski definition) is 1. The highest BCUT2D eigenvalue weighted by Gasteiger charge is 2.43. The van der Waals surface area contributed by atoms with Crippen molar-refractivity contribution in [2.45, 2.75) is 77.2 Å². The number of rotatable bonds is 8. The second-order valence-corrected chi connectivity index (χ2v) is 12.5. The molecule has 3 aliphatic heterocycles. The van der Waals surface area contributed by atoms with Gasteiger partial charge in [-0.3, -0.25) is 4.79 Å². The number of likely N-dealkylation sites (tertiary alicyclic amines) is 2. The van der Waals surface area contributed by atoms with Crippen LogP contribution in [0.25, 0.3) is 11.3 Å². The third-order valence-electron chi connectivity index (χ3n) is 8.97. The normalized spacial score (nSPS) is 23.1. The van der Waals surface area contributed by atoms with Crippen molar-refractivity contribution in [3.05, 3.63) is 36.2 Å². The van der Waals surface area contributed by atoms with Crippen LogP contribution in [0.2, 0.25) is 0 Å². The van der Waals surface area contributed by atoms with Gasteiger partial charge in [0, 0.05) is 51.0 Å². The fourth-order valence-corrected chi connectivity index (χ4v) is 6.73. The first-order chi connectivity index (χ1) is 20.6. The van der Waals surface area contributed by atoms with Crippen LogP contribution in [0, 0.1) is 0 Å². The summed E-state index contributed by atoms with van der Waals surface area (Å²) >= 11 is 0. The molecule has 43 heavy (non-hydrogen) atoms. The van der Waals surface area contributed by atoms with Gasteiger partial charge in [-0.1, -0.05) is 6.92 Å². The van der Waals surface area contributed by atoms with Crippen molar-refractivity contribution < 1.29 is 18.7 Å². The Morgan fingerprint density at radius 3 is 2.60 bits per heavy atom. The molecule has 0 aromatic carbocycles. The molecule has 3 atom stereocenters. The van der Waals surface area contributed by atoms with Gasteiger partial charge in [-0.25, -0.2) is 19.2 Å². The number of likely N-dealkylation sites (N-methyl/N-ethyl adjacent to an activating group) is 1. The Bertz CT molecular complexity index is 1300. The van der Waals surface area contributed by atoms with Gasteiger partial charge < -0.3 is 29.7 Å². The van der Waals surface area contributed by atoms with Gasteiger partial charge in [0.15, 0.2) is 5.69 Å². The number of carbonyl (C=O) groups is 2. The van der Waals surface area contributed by atoms with Gasteiger partial charge >= 0.3 is 6.03 Å². The predicted octanol–water partition coefficient (Wildman–Crippen LogP) is 4.21. The van der Waals surface area contributed by atoms with E-state index >= 15 is 0 Å². The van der Waals surface area contributed by atoms with Crippen LogP contribution in [0.5, 0.6) is 5.88 Å². The van der Waals surface area contributed by atoms with Crippen LogP contribution in [0.15, 0.2) is 30.5 Å². The van der Waals surface area contributed by atoms with E-state index in [1.54, 1.807) is 24.9 Å². The van der Waals surface area contributed by atoms with Gasteiger partial charge in [0.1, 0.15) is 5.67 Å². The lowest BCUT2D eigenvalue weighted by Gasteiger charge is -2.45. The van der Waals surface area contributed by atoms with Crippen LogP contribution >= 0.6 is 0 Å². The number of anilines is 1. The zero-order valence-corrected chi connectivity index (χ0v) is 26.2. The minimum Gasteiger partial charge on any atom is -0.477 e. The molecule has 0 saturated carbocycles. The van der Waals surface area contributed by atoms with Crippen molar-refractivity contribution in [1.29, 1.82) is 0 Å². The van der Waals surface area contributed by atoms with Gasteiger partial charge in [0.05, 0.1) is 29.6 Å². The number of nitrogens with one attached hydrogen (secondary N) is 1. The van der Waals surface area contributed by atoms with Crippen LogP contribution in [0.4, 0.5) is 14.9 Å². The molecule has 0 radical (unpaired) electrons.